The monoisotopic (exact) mass is 410 g/mol. The molecule has 1 atom stereocenters. The van der Waals surface area contributed by atoms with Crippen LogP contribution >= 0.6 is 11.3 Å². The van der Waals surface area contributed by atoms with Crippen molar-refractivity contribution < 1.29 is 4.52 Å². The van der Waals surface area contributed by atoms with Gasteiger partial charge >= 0.3 is 0 Å². The summed E-state index contributed by atoms with van der Waals surface area (Å²) in [6.07, 6.45) is 4.68. The Kier molecular flexibility index (Phi) is 5.05. The van der Waals surface area contributed by atoms with Crippen molar-refractivity contribution in [3.05, 3.63) is 40.5 Å². The van der Waals surface area contributed by atoms with Gasteiger partial charge in [-0.2, -0.15) is 4.98 Å². The van der Waals surface area contributed by atoms with Crippen LogP contribution in [0.3, 0.4) is 0 Å². The zero-order chi connectivity index (χ0) is 19.8. The summed E-state index contributed by atoms with van der Waals surface area (Å²) in [5, 5.41) is 6.19. The second kappa shape index (κ2) is 7.84. The minimum absolute atomic E-state index is 0.111. The van der Waals surface area contributed by atoms with Crippen LogP contribution in [0.2, 0.25) is 0 Å². The van der Waals surface area contributed by atoms with Gasteiger partial charge in [-0.05, 0) is 51.0 Å². The van der Waals surface area contributed by atoms with Crippen molar-refractivity contribution in [3.8, 4) is 10.7 Å². The van der Waals surface area contributed by atoms with Crippen molar-refractivity contribution in [1.82, 2.24) is 25.0 Å². The molecule has 0 amide bonds. The van der Waals surface area contributed by atoms with Gasteiger partial charge in [0.15, 0.2) is 0 Å². The Bertz CT molecular complexity index is 977. The number of aryl methyl sites for hydroxylation is 2. The number of nitrogens with zero attached hydrogens (tertiary/aromatic N) is 6. The second-order valence-electron chi connectivity index (χ2n) is 7.86. The van der Waals surface area contributed by atoms with Crippen molar-refractivity contribution in [2.24, 2.45) is 0 Å². The summed E-state index contributed by atoms with van der Waals surface area (Å²) in [4.78, 5) is 20.1. The number of hydrogen-bond acceptors (Lipinski definition) is 8. The fourth-order valence-corrected chi connectivity index (χ4v) is 4.99. The van der Waals surface area contributed by atoms with Crippen LogP contribution in [0.4, 0.5) is 5.82 Å². The highest BCUT2D eigenvalue weighted by Crippen LogP contribution is 2.30. The topological polar surface area (TPSA) is 71.2 Å². The number of hydrogen-bond donors (Lipinski definition) is 0. The highest BCUT2D eigenvalue weighted by molar-refractivity contribution is 7.13. The molecular formula is C21H26N6OS. The number of anilines is 1. The van der Waals surface area contributed by atoms with E-state index in [0.717, 1.165) is 55.5 Å². The van der Waals surface area contributed by atoms with Crippen molar-refractivity contribution >= 4 is 17.2 Å². The zero-order valence-electron chi connectivity index (χ0n) is 17.0. The Labute approximate surface area is 174 Å². The van der Waals surface area contributed by atoms with E-state index in [1.165, 1.54) is 24.1 Å². The molecule has 29 heavy (non-hydrogen) atoms. The van der Waals surface area contributed by atoms with Gasteiger partial charge in [-0.25, -0.2) is 9.97 Å². The predicted molar refractivity (Wildman–Crippen MR) is 113 cm³/mol. The summed E-state index contributed by atoms with van der Waals surface area (Å²) in [5.74, 6) is 3.43. The molecular weight excluding hydrogens is 384 g/mol. The van der Waals surface area contributed by atoms with E-state index in [9.17, 15) is 0 Å². The summed E-state index contributed by atoms with van der Waals surface area (Å²) < 4.78 is 5.57. The van der Waals surface area contributed by atoms with Gasteiger partial charge < -0.3 is 9.42 Å². The lowest BCUT2D eigenvalue weighted by Crippen LogP contribution is -2.48. The summed E-state index contributed by atoms with van der Waals surface area (Å²) >= 11 is 1.63. The van der Waals surface area contributed by atoms with Crippen molar-refractivity contribution in [1.29, 1.82) is 0 Å². The molecule has 0 saturated carbocycles. The average molecular weight is 411 g/mol. The third-order valence-electron chi connectivity index (χ3n) is 5.98. The normalized spacial score (nSPS) is 18.6. The van der Waals surface area contributed by atoms with E-state index in [0.29, 0.717) is 11.7 Å². The van der Waals surface area contributed by atoms with Crippen LogP contribution in [-0.4, -0.2) is 51.2 Å². The van der Waals surface area contributed by atoms with Gasteiger partial charge in [-0.15, -0.1) is 11.3 Å². The first kappa shape index (κ1) is 18.7. The Morgan fingerprint density at radius 3 is 2.69 bits per heavy atom. The lowest BCUT2D eigenvalue weighted by Gasteiger charge is -2.38. The molecule has 0 spiro atoms. The van der Waals surface area contributed by atoms with Crippen LogP contribution in [0.5, 0.6) is 0 Å². The van der Waals surface area contributed by atoms with Crippen LogP contribution < -0.4 is 4.90 Å². The molecule has 0 aromatic carbocycles. The quantitative estimate of drug-likeness (QED) is 0.650. The number of fused-ring (bicyclic) bond motifs is 1. The van der Waals surface area contributed by atoms with Crippen LogP contribution in [0.15, 0.2) is 22.0 Å². The predicted octanol–water partition coefficient (Wildman–Crippen LogP) is 3.66. The highest BCUT2D eigenvalue weighted by Gasteiger charge is 2.28. The molecule has 1 fully saturated rings. The molecule has 3 aromatic rings. The molecule has 4 heterocycles. The van der Waals surface area contributed by atoms with E-state index < -0.39 is 0 Å². The van der Waals surface area contributed by atoms with Gasteiger partial charge in [0.25, 0.3) is 0 Å². The van der Waals surface area contributed by atoms with E-state index in [-0.39, 0.29) is 6.04 Å². The van der Waals surface area contributed by atoms with Gasteiger partial charge in [-0.1, -0.05) is 11.2 Å². The molecule has 2 aliphatic rings. The largest absolute Gasteiger partial charge is 0.354 e. The first-order valence-corrected chi connectivity index (χ1v) is 11.3. The van der Waals surface area contributed by atoms with Crippen molar-refractivity contribution in [2.75, 3.05) is 31.1 Å². The summed E-state index contributed by atoms with van der Waals surface area (Å²) in [6.45, 7) is 7.99. The van der Waals surface area contributed by atoms with Gasteiger partial charge in [-0.3, -0.25) is 4.90 Å². The number of aromatic nitrogens is 4. The molecule has 1 unspecified atom stereocenters. The zero-order valence-corrected chi connectivity index (χ0v) is 17.8. The first-order valence-electron chi connectivity index (χ1n) is 10.4. The van der Waals surface area contributed by atoms with E-state index in [4.69, 9.17) is 14.5 Å². The Balaban J connectivity index is 1.28. The van der Waals surface area contributed by atoms with Crippen LogP contribution in [0.1, 0.15) is 48.8 Å². The average Bonchev–Trinajstić information content (AvgIpc) is 3.44. The fourth-order valence-electron chi connectivity index (χ4n) is 4.34. The molecule has 0 N–H and O–H groups in total. The molecule has 8 heteroatoms. The van der Waals surface area contributed by atoms with Gasteiger partial charge in [0, 0.05) is 37.4 Å². The third kappa shape index (κ3) is 3.67. The molecule has 7 nitrogen and oxygen atoms in total. The molecule has 0 bridgehead atoms. The fraction of sp³-hybridized carbons (Fsp3) is 0.524. The molecule has 152 valence electrons. The van der Waals surface area contributed by atoms with E-state index in [1.54, 1.807) is 11.3 Å². The minimum atomic E-state index is 0.111. The Hall–Kier alpha value is -2.32. The summed E-state index contributed by atoms with van der Waals surface area (Å²) in [6, 6.07) is 4.14. The van der Waals surface area contributed by atoms with Crippen molar-refractivity contribution in [3.63, 3.8) is 0 Å². The van der Waals surface area contributed by atoms with Crippen LogP contribution in [0.25, 0.3) is 10.7 Å². The van der Waals surface area contributed by atoms with Crippen molar-refractivity contribution in [2.45, 2.75) is 45.6 Å². The Morgan fingerprint density at radius 1 is 1.07 bits per heavy atom. The maximum Gasteiger partial charge on any atom is 0.244 e. The standard InChI is InChI=1S/C21H26N6OS/c1-14(21-24-19(25-28-21)18-8-5-13-29-18)26-9-11-27(12-10-26)20-16-6-3-4-7-17(16)22-15(2)23-20/h5,8,13-14H,3-4,6-7,9-12H2,1-2H3. The first-order chi connectivity index (χ1) is 14.2. The summed E-state index contributed by atoms with van der Waals surface area (Å²) in [7, 11) is 0. The highest BCUT2D eigenvalue weighted by atomic mass is 32.1. The smallest absolute Gasteiger partial charge is 0.244 e. The van der Waals surface area contributed by atoms with E-state index >= 15 is 0 Å². The SMILES string of the molecule is Cc1nc2c(c(N3CCN(C(C)c4nc(-c5cccs5)no4)CC3)n1)CCCC2. The molecule has 5 rings (SSSR count). The van der Waals surface area contributed by atoms with Gasteiger partial charge in [0.05, 0.1) is 10.9 Å². The maximum atomic E-state index is 5.57. The molecule has 3 aromatic heterocycles. The minimum Gasteiger partial charge on any atom is -0.354 e. The van der Waals surface area contributed by atoms with Gasteiger partial charge in [0.1, 0.15) is 11.6 Å². The molecule has 1 aliphatic heterocycles. The maximum absolute atomic E-state index is 5.57. The third-order valence-corrected chi connectivity index (χ3v) is 6.84. The summed E-state index contributed by atoms with van der Waals surface area (Å²) in [5.41, 5.74) is 2.64. The van der Waals surface area contributed by atoms with E-state index in [1.807, 2.05) is 24.4 Å². The van der Waals surface area contributed by atoms with Crippen LogP contribution in [-0.2, 0) is 12.8 Å². The van der Waals surface area contributed by atoms with Gasteiger partial charge in [0.2, 0.25) is 11.7 Å². The number of thiophene rings is 1. The number of piperazine rings is 1. The molecule has 1 aliphatic carbocycles. The lowest BCUT2D eigenvalue weighted by atomic mass is 9.96. The molecule has 1 saturated heterocycles. The molecule has 0 radical (unpaired) electrons. The number of rotatable bonds is 4. The Morgan fingerprint density at radius 2 is 1.90 bits per heavy atom. The lowest BCUT2D eigenvalue weighted by molar-refractivity contribution is 0.164. The van der Waals surface area contributed by atoms with Crippen LogP contribution in [0, 0.1) is 6.92 Å². The second-order valence-corrected chi connectivity index (χ2v) is 8.81. The van der Waals surface area contributed by atoms with E-state index in [2.05, 4.69) is 26.9 Å².